The highest BCUT2D eigenvalue weighted by molar-refractivity contribution is 7.47. The third-order valence-corrected chi connectivity index (χ3v) is 8.68. The van der Waals surface area contributed by atoms with Crippen LogP contribution in [0.1, 0.15) is 136 Å². The average Bonchev–Trinajstić information content (AvgIpc) is 3.13. The highest BCUT2D eigenvalue weighted by Crippen LogP contribution is 2.43. The first kappa shape index (κ1) is 49.9. The smallest absolute Gasteiger partial charge is 0.472 e. The Morgan fingerprint density at radius 2 is 1.11 bits per heavy atom. The van der Waals surface area contributed by atoms with E-state index >= 15 is 0 Å². The first-order valence-corrected chi connectivity index (χ1v) is 21.0. The van der Waals surface area contributed by atoms with Crippen molar-refractivity contribution >= 4 is 25.7 Å². The number of unbranched alkanes of at least 4 members (excludes halogenated alkanes) is 9. The number of aliphatic hydroxyl groups excluding tert-OH is 1. The predicted molar refractivity (Wildman–Crippen MR) is 212 cm³/mol. The second-order valence-electron chi connectivity index (χ2n) is 12.7. The van der Waals surface area contributed by atoms with Gasteiger partial charge in [0, 0.05) is 12.8 Å². The number of hydrogen-bond acceptors (Lipinski definition) is 8. The summed E-state index contributed by atoms with van der Waals surface area (Å²) in [4.78, 5) is 45.7. The molecule has 11 nitrogen and oxygen atoms in total. The minimum absolute atomic E-state index is 0.0629. The average molecular weight is 766 g/mol. The van der Waals surface area contributed by atoms with Crippen molar-refractivity contribution < 1.29 is 47.8 Å². The highest BCUT2D eigenvalue weighted by Gasteiger charge is 2.28. The van der Waals surface area contributed by atoms with Gasteiger partial charge in [0.05, 0.1) is 13.2 Å². The fourth-order valence-electron chi connectivity index (χ4n) is 4.70. The van der Waals surface area contributed by atoms with Crippen molar-refractivity contribution in [2.75, 3.05) is 19.8 Å². The number of hydrogen-bond donors (Lipinski definition) is 4. The molecule has 0 saturated carbocycles. The Balaban J connectivity index is 4.08. The first-order chi connectivity index (χ1) is 25.6. The Morgan fingerprint density at radius 3 is 1.70 bits per heavy atom. The Morgan fingerprint density at radius 1 is 0.623 bits per heavy atom. The molecule has 4 N–H and O–H groups in total. The van der Waals surface area contributed by atoms with E-state index in [4.69, 9.17) is 13.8 Å². The van der Waals surface area contributed by atoms with Crippen LogP contribution in [0.3, 0.4) is 0 Å². The second-order valence-corrected chi connectivity index (χ2v) is 14.2. The van der Waals surface area contributed by atoms with Gasteiger partial charge in [0.1, 0.15) is 12.7 Å². The fraction of sp³-hybridized carbons (Fsp3) is 0.634. The summed E-state index contributed by atoms with van der Waals surface area (Å²) in [6.07, 6.45) is 40.9. The van der Waals surface area contributed by atoms with Crippen LogP contribution in [0, 0.1) is 0 Å². The summed E-state index contributed by atoms with van der Waals surface area (Å²) in [5.74, 6) is -2.48. The van der Waals surface area contributed by atoms with Crippen LogP contribution in [-0.2, 0) is 32.7 Å². The maximum atomic E-state index is 12.2. The minimum atomic E-state index is -4.77. The topological polar surface area (TPSA) is 169 Å². The fourth-order valence-corrected chi connectivity index (χ4v) is 5.47. The van der Waals surface area contributed by atoms with Gasteiger partial charge in [0.15, 0.2) is 6.04 Å². The lowest BCUT2D eigenvalue weighted by Crippen LogP contribution is -2.43. The summed E-state index contributed by atoms with van der Waals surface area (Å²) in [7, 11) is -4.77. The van der Waals surface area contributed by atoms with Gasteiger partial charge in [-0.25, -0.2) is 9.36 Å². The van der Waals surface area contributed by atoms with Crippen LogP contribution >= 0.6 is 7.82 Å². The van der Waals surface area contributed by atoms with Gasteiger partial charge in [-0.1, -0.05) is 119 Å². The molecule has 53 heavy (non-hydrogen) atoms. The van der Waals surface area contributed by atoms with E-state index in [1.165, 1.54) is 19.3 Å². The van der Waals surface area contributed by atoms with Crippen molar-refractivity contribution in [3.8, 4) is 0 Å². The standard InChI is InChI=1S/C41H68NO10P/c1-3-5-7-9-11-13-15-17-18-19-20-21-22-24-26-28-30-32-39(44)42-38(41(46)47)36-52-53(48,49)51-35-37(43)34-50-40(45)33-31-29-27-25-23-16-14-12-10-8-6-4-2/h5,7,11-14,17-18,20-21,24,26,37-38,43H,3-4,6,8-10,15-16,19,22-23,25,27-36H2,1-2H3,(H,42,44)(H,46,47)(H,48,49)/b7-5-,13-11-,14-12-,18-17-,21-20-,26-24-. The molecule has 3 unspecified atom stereocenters. The number of esters is 1. The van der Waals surface area contributed by atoms with E-state index in [-0.39, 0.29) is 12.8 Å². The van der Waals surface area contributed by atoms with E-state index in [1.54, 1.807) is 0 Å². The van der Waals surface area contributed by atoms with E-state index in [0.717, 1.165) is 70.6 Å². The lowest BCUT2D eigenvalue weighted by Gasteiger charge is -2.18. The number of carboxylic acid groups (broad SMARTS) is 1. The predicted octanol–water partition coefficient (Wildman–Crippen LogP) is 9.38. The Kier molecular flexibility index (Phi) is 33.8. The minimum Gasteiger partial charge on any atom is -0.480 e. The molecule has 0 fully saturated rings. The lowest BCUT2D eigenvalue weighted by atomic mass is 10.1. The molecule has 0 spiro atoms. The number of nitrogens with one attached hydrogen (secondary N) is 1. The van der Waals surface area contributed by atoms with E-state index in [2.05, 4.69) is 79.9 Å². The number of carbonyl (C=O) groups is 3. The Hall–Kier alpha value is -3.08. The molecule has 0 aromatic heterocycles. The molecular formula is C41H68NO10P. The van der Waals surface area contributed by atoms with Gasteiger partial charge in [0.2, 0.25) is 5.91 Å². The molecule has 0 aliphatic heterocycles. The third kappa shape index (κ3) is 35.7. The number of carboxylic acids is 1. The van der Waals surface area contributed by atoms with Gasteiger partial charge in [0.25, 0.3) is 0 Å². The maximum Gasteiger partial charge on any atom is 0.472 e. The number of phosphoric ester groups is 1. The van der Waals surface area contributed by atoms with Crippen molar-refractivity contribution in [1.29, 1.82) is 0 Å². The number of amides is 1. The third-order valence-electron chi connectivity index (χ3n) is 7.73. The first-order valence-electron chi connectivity index (χ1n) is 19.5. The van der Waals surface area contributed by atoms with Crippen LogP contribution in [0.25, 0.3) is 0 Å². The molecule has 0 aliphatic carbocycles. The summed E-state index contributed by atoms with van der Waals surface area (Å²) >= 11 is 0. The van der Waals surface area contributed by atoms with E-state index in [9.17, 15) is 34.1 Å². The summed E-state index contributed by atoms with van der Waals surface area (Å²) in [6, 6.07) is -1.58. The molecule has 1 amide bonds. The molecule has 0 saturated heterocycles. The highest BCUT2D eigenvalue weighted by atomic mass is 31.2. The van der Waals surface area contributed by atoms with E-state index in [0.29, 0.717) is 19.3 Å². The van der Waals surface area contributed by atoms with Crippen LogP contribution in [0.5, 0.6) is 0 Å². The number of ether oxygens (including phenoxy) is 1. The molecule has 0 rings (SSSR count). The van der Waals surface area contributed by atoms with Gasteiger partial charge >= 0.3 is 19.8 Å². The van der Waals surface area contributed by atoms with Crippen LogP contribution in [0.2, 0.25) is 0 Å². The molecular weight excluding hydrogens is 697 g/mol. The number of phosphoric acid groups is 1. The van der Waals surface area contributed by atoms with Crippen molar-refractivity contribution in [3.05, 3.63) is 72.9 Å². The summed E-state index contributed by atoms with van der Waals surface area (Å²) in [5.41, 5.74) is 0. The lowest BCUT2D eigenvalue weighted by molar-refractivity contribution is -0.147. The summed E-state index contributed by atoms with van der Waals surface area (Å²) < 4.78 is 26.7. The van der Waals surface area contributed by atoms with Crippen molar-refractivity contribution in [2.24, 2.45) is 0 Å². The number of rotatable bonds is 35. The van der Waals surface area contributed by atoms with Crippen LogP contribution in [-0.4, -0.2) is 64.9 Å². The zero-order chi connectivity index (χ0) is 39.3. The Bertz CT molecular complexity index is 1180. The molecule has 0 aromatic rings. The van der Waals surface area contributed by atoms with Crippen LogP contribution in [0.4, 0.5) is 0 Å². The molecule has 0 bridgehead atoms. The quantitative estimate of drug-likeness (QED) is 0.0211. The molecule has 302 valence electrons. The number of allylic oxidation sites excluding steroid dienone is 12. The SMILES string of the molecule is CC/C=C\C/C=C\C/C=C\C/C=C\C/C=C\CCCC(=O)NC(COP(=O)(O)OCC(O)COC(=O)CCCCCCC/C=C\CCCCC)C(=O)O. The van der Waals surface area contributed by atoms with Gasteiger partial charge < -0.3 is 25.2 Å². The molecule has 0 heterocycles. The molecule has 0 aromatic carbocycles. The summed E-state index contributed by atoms with van der Waals surface area (Å²) in [5, 5.41) is 21.7. The number of aliphatic hydroxyl groups is 1. The van der Waals surface area contributed by atoms with Gasteiger partial charge in [-0.2, -0.15) is 0 Å². The second kappa shape index (κ2) is 35.9. The monoisotopic (exact) mass is 765 g/mol. The Labute approximate surface area is 319 Å². The maximum absolute atomic E-state index is 12.2. The molecule has 3 atom stereocenters. The van der Waals surface area contributed by atoms with Gasteiger partial charge in [-0.3, -0.25) is 18.6 Å². The number of aliphatic carboxylic acids is 1. The van der Waals surface area contributed by atoms with Crippen molar-refractivity contribution in [3.63, 3.8) is 0 Å². The normalized spacial score (nSPS) is 14.6. The van der Waals surface area contributed by atoms with Crippen molar-refractivity contribution in [1.82, 2.24) is 5.32 Å². The van der Waals surface area contributed by atoms with Crippen LogP contribution in [0.15, 0.2) is 72.9 Å². The summed E-state index contributed by atoms with van der Waals surface area (Å²) in [6.45, 7) is 2.37. The molecule has 12 heteroatoms. The van der Waals surface area contributed by atoms with Crippen molar-refractivity contribution in [2.45, 2.75) is 148 Å². The van der Waals surface area contributed by atoms with Gasteiger partial charge in [-0.05, 0) is 77.0 Å². The van der Waals surface area contributed by atoms with E-state index < -0.39 is 57.6 Å². The molecule has 0 radical (unpaired) electrons. The number of carbonyl (C=O) groups excluding carboxylic acids is 2. The zero-order valence-corrected chi connectivity index (χ0v) is 33.2. The largest absolute Gasteiger partial charge is 0.480 e. The zero-order valence-electron chi connectivity index (χ0n) is 32.3. The van der Waals surface area contributed by atoms with Gasteiger partial charge in [-0.15, -0.1) is 0 Å². The van der Waals surface area contributed by atoms with E-state index in [1.807, 2.05) is 12.2 Å². The van der Waals surface area contributed by atoms with Crippen LogP contribution < -0.4 is 5.32 Å². The molecule has 0 aliphatic rings.